The molecule has 3 fully saturated rings. The minimum atomic E-state index is -2.02. The lowest BCUT2D eigenvalue weighted by Crippen LogP contribution is -2.65. The van der Waals surface area contributed by atoms with Crippen LogP contribution in [0.25, 0.3) is 22.3 Å². The summed E-state index contributed by atoms with van der Waals surface area (Å²) in [4.78, 5) is 14.1. The van der Waals surface area contributed by atoms with Crippen molar-refractivity contribution < 1.29 is 93.7 Å². The lowest BCUT2D eigenvalue weighted by molar-refractivity contribution is -0.358. The zero-order chi connectivity index (χ0) is 38.5. The molecule has 2 aromatic carbocycles. The number of hydrogen-bond donors (Lipinski definition) is 11. The van der Waals surface area contributed by atoms with E-state index in [2.05, 4.69) is 0 Å². The van der Waals surface area contributed by atoms with Crippen LogP contribution in [0.5, 0.6) is 28.7 Å². The van der Waals surface area contributed by atoms with Gasteiger partial charge in [-0.2, -0.15) is 0 Å². The molecule has 3 aromatic rings. The third-order valence-electron chi connectivity index (χ3n) is 9.22. The van der Waals surface area contributed by atoms with E-state index in [0.29, 0.717) is 0 Å². The van der Waals surface area contributed by atoms with Gasteiger partial charge in [0.05, 0.1) is 26.4 Å². The summed E-state index contributed by atoms with van der Waals surface area (Å²) >= 11 is 0. The molecule has 53 heavy (non-hydrogen) atoms. The Balaban J connectivity index is 1.41. The summed E-state index contributed by atoms with van der Waals surface area (Å²) in [5.74, 6) is -2.62. The molecular weight excluding hydrogens is 716 g/mol. The van der Waals surface area contributed by atoms with Gasteiger partial charge in [0.15, 0.2) is 35.9 Å². The number of aliphatic hydroxyl groups excluding tert-OH is 8. The molecule has 0 amide bonds. The fraction of sp³-hybridized carbons (Fsp3) is 0.545. The van der Waals surface area contributed by atoms with E-state index in [4.69, 9.17) is 37.6 Å². The highest BCUT2D eigenvalue weighted by molar-refractivity contribution is 5.88. The van der Waals surface area contributed by atoms with Crippen LogP contribution in [0.3, 0.4) is 0 Å². The molecule has 292 valence electrons. The van der Waals surface area contributed by atoms with E-state index in [-0.39, 0.29) is 28.4 Å². The molecular formula is C33H40O20. The van der Waals surface area contributed by atoms with Crippen molar-refractivity contribution in [2.24, 2.45) is 0 Å². The number of phenolic OH excluding ortho intramolecular Hbond substituents is 3. The third-order valence-corrected chi connectivity index (χ3v) is 9.22. The minimum absolute atomic E-state index is 0.0476. The van der Waals surface area contributed by atoms with Gasteiger partial charge >= 0.3 is 0 Å². The number of fused-ring (bicyclic) bond motifs is 1. The first-order chi connectivity index (χ1) is 25.1. The van der Waals surface area contributed by atoms with E-state index in [0.717, 1.165) is 12.1 Å². The number of methoxy groups -OCH3 is 1. The van der Waals surface area contributed by atoms with Gasteiger partial charge in [-0.25, -0.2) is 0 Å². The maximum absolute atomic E-state index is 14.1. The normalized spacial score (nSPS) is 36.3. The molecule has 1 aromatic heterocycles. The number of aromatic hydroxyl groups is 3. The standard InChI is InChI=1S/C33H40O20/c1-10-20(38)24(42)27(45)32(49-10)53-30-25(43)22(40)18(9-48-31-26(44)21(39)15(37)8-47-31)51-33(30)52-29-23(41)19-14(36)6-12(34)7-17(19)50-28(29)11-3-4-13(35)16(5-11)46-2/h3-7,10,15,18,20-22,24-27,30-40,42-45H,8-9H2,1-2H3/t10-,15+,18+,20-,21-,22+,24+,25-,26+,27+,30+,31-,32-,33-/m0/s1. The van der Waals surface area contributed by atoms with Gasteiger partial charge in [0.2, 0.25) is 17.5 Å². The fourth-order valence-corrected chi connectivity index (χ4v) is 6.18. The van der Waals surface area contributed by atoms with Crippen LogP contribution in [0.2, 0.25) is 0 Å². The molecule has 3 aliphatic heterocycles. The van der Waals surface area contributed by atoms with Crippen LogP contribution in [0.1, 0.15) is 6.92 Å². The highest BCUT2D eigenvalue weighted by Gasteiger charge is 2.52. The Morgan fingerprint density at radius 3 is 2.21 bits per heavy atom. The minimum Gasteiger partial charge on any atom is -0.508 e. The Morgan fingerprint density at radius 2 is 1.49 bits per heavy atom. The highest BCUT2D eigenvalue weighted by Crippen LogP contribution is 2.40. The van der Waals surface area contributed by atoms with Gasteiger partial charge in [0.25, 0.3) is 0 Å². The Labute approximate surface area is 298 Å². The van der Waals surface area contributed by atoms with E-state index in [1.807, 2.05) is 0 Å². The van der Waals surface area contributed by atoms with Gasteiger partial charge in [-0.1, -0.05) is 0 Å². The van der Waals surface area contributed by atoms with Crippen LogP contribution in [0.4, 0.5) is 0 Å². The van der Waals surface area contributed by atoms with E-state index < -0.39 is 127 Å². The van der Waals surface area contributed by atoms with Gasteiger partial charge in [0, 0.05) is 17.7 Å². The molecule has 20 heteroatoms. The summed E-state index contributed by atoms with van der Waals surface area (Å²) in [7, 11) is 1.26. The van der Waals surface area contributed by atoms with Crippen molar-refractivity contribution >= 4 is 11.0 Å². The molecule has 0 aliphatic carbocycles. The molecule has 0 spiro atoms. The van der Waals surface area contributed by atoms with Gasteiger partial charge in [-0.3, -0.25) is 4.79 Å². The largest absolute Gasteiger partial charge is 0.508 e. The fourth-order valence-electron chi connectivity index (χ4n) is 6.18. The average Bonchev–Trinajstić information content (AvgIpc) is 3.12. The van der Waals surface area contributed by atoms with Gasteiger partial charge in [0.1, 0.15) is 77.4 Å². The summed E-state index contributed by atoms with van der Waals surface area (Å²) in [6.07, 6.45) is -23.8. The summed E-state index contributed by atoms with van der Waals surface area (Å²) in [5, 5.41) is 114. The first kappa shape index (κ1) is 38.8. The number of hydrogen-bond acceptors (Lipinski definition) is 20. The van der Waals surface area contributed by atoms with E-state index >= 15 is 0 Å². The molecule has 6 rings (SSSR count). The predicted molar refractivity (Wildman–Crippen MR) is 172 cm³/mol. The van der Waals surface area contributed by atoms with Crippen LogP contribution in [-0.2, 0) is 23.7 Å². The number of ether oxygens (including phenoxy) is 7. The van der Waals surface area contributed by atoms with Crippen LogP contribution in [0.15, 0.2) is 39.5 Å². The number of phenols is 3. The summed E-state index contributed by atoms with van der Waals surface area (Å²) in [6, 6.07) is 5.69. The molecule has 14 atom stereocenters. The second kappa shape index (κ2) is 15.5. The lowest BCUT2D eigenvalue weighted by atomic mass is 9.97. The van der Waals surface area contributed by atoms with Crippen molar-refractivity contribution in [1.82, 2.24) is 0 Å². The van der Waals surface area contributed by atoms with E-state index in [1.165, 1.54) is 32.2 Å². The zero-order valence-corrected chi connectivity index (χ0v) is 28.0. The Kier molecular flexibility index (Phi) is 11.3. The Hall–Kier alpha value is -3.87. The number of aliphatic hydroxyl groups is 8. The summed E-state index contributed by atoms with van der Waals surface area (Å²) in [6.45, 7) is 0.270. The topological polar surface area (TPSA) is 317 Å². The van der Waals surface area contributed by atoms with Crippen LogP contribution in [-0.4, -0.2) is 163 Å². The van der Waals surface area contributed by atoms with Crippen molar-refractivity contribution in [1.29, 1.82) is 0 Å². The molecule has 3 aliphatic rings. The summed E-state index contributed by atoms with van der Waals surface area (Å²) < 4.78 is 45.2. The van der Waals surface area contributed by atoms with Crippen molar-refractivity contribution in [3.63, 3.8) is 0 Å². The maximum Gasteiger partial charge on any atom is 0.239 e. The van der Waals surface area contributed by atoms with Crippen molar-refractivity contribution in [2.75, 3.05) is 20.3 Å². The molecule has 0 radical (unpaired) electrons. The highest BCUT2D eigenvalue weighted by atomic mass is 16.8. The monoisotopic (exact) mass is 756 g/mol. The molecule has 3 saturated heterocycles. The smallest absolute Gasteiger partial charge is 0.239 e. The van der Waals surface area contributed by atoms with Crippen LogP contribution < -0.4 is 14.9 Å². The second-order valence-electron chi connectivity index (χ2n) is 12.8. The van der Waals surface area contributed by atoms with E-state index in [1.54, 1.807) is 0 Å². The SMILES string of the molecule is COc1cc(-c2oc3cc(O)cc(O)c3c(=O)c2O[C@@H]2O[C@H](CO[C@@H]3OC[C@@H](O)[C@H](O)[C@H]3O)[C@@H](O)[C@H](O)[C@H]2O[C@@H]2O[C@@H](C)[C@H](O)[C@@H](O)[C@H]2O)ccc1O. The first-order valence-electron chi connectivity index (χ1n) is 16.3. The van der Waals surface area contributed by atoms with Gasteiger partial charge < -0.3 is 93.7 Å². The van der Waals surface area contributed by atoms with Crippen LogP contribution >= 0.6 is 0 Å². The van der Waals surface area contributed by atoms with Gasteiger partial charge in [-0.15, -0.1) is 0 Å². The maximum atomic E-state index is 14.1. The number of rotatable bonds is 9. The Morgan fingerprint density at radius 1 is 0.774 bits per heavy atom. The van der Waals surface area contributed by atoms with Crippen molar-refractivity contribution in [3.8, 4) is 40.1 Å². The lowest BCUT2D eigenvalue weighted by Gasteiger charge is -2.46. The summed E-state index contributed by atoms with van der Waals surface area (Å²) in [5.41, 5.74) is -1.31. The second-order valence-corrected chi connectivity index (χ2v) is 12.8. The third kappa shape index (κ3) is 7.47. The molecule has 0 saturated carbocycles. The van der Waals surface area contributed by atoms with Crippen molar-refractivity contribution in [2.45, 2.75) is 92.9 Å². The van der Waals surface area contributed by atoms with E-state index in [9.17, 15) is 61.0 Å². The zero-order valence-electron chi connectivity index (χ0n) is 28.0. The molecule has 0 bridgehead atoms. The van der Waals surface area contributed by atoms with Crippen LogP contribution in [0, 0.1) is 0 Å². The van der Waals surface area contributed by atoms with Gasteiger partial charge in [-0.05, 0) is 25.1 Å². The molecule has 0 unspecified atom stereocenters. The first-order valence-corrected chi connectivity index (χ1v) is 16.3. The number of benzene rings is 2. The van der Waals surface area contributed by atoms with Crippen molar-refractivity contribution in [3.05, 3.63) is 40.6 Å². The molecule has 4 heterocycles. The Bertz CT molecular complexity index is 1820. The predicted octanol–water partition coefficient (Wildman–Crippen LogP) is -2.92. The molecule has 11 N–H and O–H groups in total. The molecule has 20 nitrogen and oxygen atoms in total. The average molecular weight is 757 g/mol. The quantitative estimate of drug-likeness (QED) is 0.104.